The van der Waals surface area contributed by atoms with Crippen LogP contribution < -0.4 is 0 Å². The Labute approximate surface area is 167 Å². The molecule has 0 spiro atoms. The van der Waals surface area contributed by atoms with Crippen molar-refractivity contribution in [3.8, 4) is 0 Å². The highest BCUT2D eigenvalue weighted by Gasteiger charge is 2.51. The number of aromatic nitrogens is 1. The monoisotopic (exact) mass is 366 g/mol. The molecular formula is C24H39BN2. The lowest BCUT2D eigenvalue weighted by Gasteiger charge is -2.45. The number of allylic oxidation sites excluding steroid dienone is 3. The summed E-state index contributed by atoms with van der Waals surface area (Å²) >= 11 is 0. The van der Waals surface area contributed by atoms with E-state index in [1.807, 2.05) is 0 Å². The van der Waals surface area contributed by atoms with Gasteiger partial charge in [0.2, 0.25) is 0 Å². The molecule has 0 aliphatic carbocycles. The molecule has 0 N–H and O–H groups in total. The van der Waals surface area contributed by atoms with Crippen LogP contribution in [0.4, 0.5) is 0 Å². The van der Waals surface area contributed by atoms with E-state index in [9.17, 15) is 0 Å². The van der Waals surface area contributed by atoms with Gasteiger partial charge in [0.05, 0.1) is 0 Å². The van der Waals surface area contributed by atoms with E-state index in [1.165, 1.54) is 65.0 Å². The van der Waals surface area contributed by atoms with Crippen LogP contribution in [0.3, 0.4) is 0 Å². The largest absolute Gasteiger partial charge is 0.458 e. The van der Waals surface area contributed by atoms with Gasteiger partial charge in [0.25, 0.3) is 0 Å². The second-order valence-electron chi connectivity index (χ2n) is 8.86. The Morgan fingerprint density at radius 3 is 1.89 bits per heavy atom. The molecule has 0 radical (unpaired) electrons. The summed E-state index contributed by atoms with van der Waals surface area (Å²) in [7, 11) is 0. The molecule has 0 aromatic carbocycles. The summed E-state index contributed by atoms with van der Waals surface area (Å²) in [4.78, 5) is 0. The fraction of sp³-hybridized carbons (Fsp3) is 0.625. The molecule has 0 fully saturated rings. The summed E-state index contributed by atoms with van der Waals surface area (Å²) in [5, 5.41) is 0. The van der Waals surface area contributed by atoms with Crippen molar-refractivity contribution in [2.45, 2.75) is 101 Å². The van der Waals surface area contributed by atoms with Gasteiger partial charge in [-0.15, -0.1) is 0 Å². The molecule has 3 heteroatoms. The van der Waals surface area contributed by atoms with Gasteiger partial charge in [0.15, 0.2) is 5.70 Å². The molecular weight excluding hydrogens is 327 g/mol. The summed E-state index contributed by atoms with van der Waals surface area (Å²) in [6.45, 7) is 21.2. The highest BCUT2D eigenvalue weighted by atomic mass is 15.2. The molecule has 0 unspecified atom stereocenters. The first kappa shape index (κ1) is 20.2. The van der Waals surface area contributed by atoms with Crippen LogP contribution in [0.25, 0.3) is 5.57 Å². The second-order valence-corrected chi connectivity index (χ2v) is 8.86. The van der Waals surface area contributed by atoms with Crippen molar-refractivity contribution < 1.29 is 4.49 Å². The van der Waals surface area contributed by atoms with E-state index in [0.717, 1.165) is 12.8 Å². The number of nitrogens with zero attached hydrogens (tertiary/aromatic N) is 2. The van der Waals surface area contributed by atoms with E-state index >= 15 is 0 Å². The van der Waals surface area contributed by atoms with Gasteiger partial charge in [0.1, 0.15) is 5.71 Å². The minimum absolute atomic E-state index is 0.831. The Bertz CT molecular complexity index is 871. The highest BCUT2D eigenvalue weighted by molar-refractivity contribution is 6.72. The molecule has 2 nitrogen and oxygen atoms in total. The van der Waals surface area contributed by atoms with Crippen molar-refractivity contribution in [3.05, 3.63) is 39.4 Å². The van der Waals surface area contributed by atoms with E-state index in [0.29, 0.717) is 0 Å². The smallest absolute Gasteiger partial charge is 0.378 e. The van der Waals surface area contributed by atoms with Gasteiger partial charge in [-0.2, -0.15) is 0 Å². The summed E-state index contributed by atoms with van der Waals surface area (Å²) in [5.74, 6) is 0. The van der Waals surface area contributed by atoms with Crippen LogP contribution in [0.2, 0.25) is 12.6 Å². The Morgan fingerprint density at radius 2 is 1.41 bits per heavy atom. The number of fused-ring (bicyclic) bond motifs is 2. The SMILES string of the molecule is CCC[B-]1(CCC)n2c(C)c(CC)c(C)c2C(C)=C2C(C)=C(CC)C(C)=[N+]21. The number of hydrogen-bond acceptors (Lipinski definition) is 0. The topological polar surface area (TPSA) is 7.94 Å². The van der Waals surface area contributed by atoms with Crippen LogP contribution in [0.5, 0.6) is 0 Å². The van der Waals surface area contributed by atoms with Crippen molar-refractivity contribution >= 4 is 17.7 Å². The Kier molecular flexibility index (Phi) is 5.36. The minimum Gasteiger partial charge on any atom is -0.458 e. The maximum absolute atomic E-state index is 2.81. The molecule has 148 valence electrons. The first-order valence-electron chi connectivity index (χ1n) is 11.3. The zero-order chi connectivity index (χ0) is 20.1. The lowest BCUT2D eigenvalue weighted by atomic mass is 9.38. The van der Waals surface area contributed by atoms with Crippen LogP contribution in [-0.2, 0) is 6.42 Å². The van der Waals surface area contributed by atoms with Crippen LogP contribution >= 0.6 is 0 Å². The first-order chi connectivity index (χ1) is 12.8. The highest BCUT2D eigenvalue weighted by Crippen LogP contribution is 2.46. The van der Waals surface area contributed by atoms with E-state index in [2.05, 4.69) is 71.3 Å². The maximum Gasteiger partial charge on any atom is 0.378 e. The zero-order valence-electron chi connectivity index (χ0n) is 19.2. The molecule has 0 saturated carbocycles. The summed E-state index contributed by atoms with van der Waals surface area (Å²) < 4.78 is 5.63. The molecule has 1 aromatic heterocycles. The summed E-state index contributed by atoms with van der Waals surface area (Å²) in [6, 6.07) is 0. The lowest BCUT2D eigenvalue weighted by Crippen LogP contribution is -2.57. The standard InChI is InChI=1S/C24H39BN2/c1-10-14-25(15-11-2)26-19(8)21(12-3)16(5)23(26)18(7)24-17(6)22(13-4)20(9)27(24)25/h10-15H2,1-9H3. The van der Waals surface area contributed by atoms with Crippen LogP contribution in [-0.4, -0.2) is 21.1 Å². The van der Waals surface area contributed by atoms with Crippen molar-refractivity contribution in [1.29, 1.82) is 0 Å². The van der Waals surface area contributed by atoms with Gasteiger partial charge in [-0.3, -0.25) is 0 Å². The van der Waals surface area contributed by atoms with Crippen LogP contribution in [0.1, 0.15) is 90.2 Å². The van der Waals surface area contributed by atoms with E-state index in [-0.39, 0.29) is 0 Å². The Morgan fingerprint density at radius 1 is 0.815 bits per heavy atom. The molecule has 2 aliphatic heterocycles. The minimum atomic E-state index is -0.831. The fourth-order valence-corrected chi connectivity index (χ4v) is 6.80. The molecule has 0 saturated heterocycles. The predicted molar refractivity (Wildman–Crippen MR) is 121 cm³/mol. The molecule has 3 rings (SSSR count). The average Bonchev–Trinajstić information content (AvgIpc) is 3.04. The van der Waals surface area contributed by atoms with E-state index in [1.54, 1.807) is 11.1 Å². The van der Waals surface area contributed by atoms with Crippen molar-refractivity contribution in [2.75, 3.05) is 0 Å². The molecule has 1 aromatic rings. The third-order valence-electron chi connectivity index (χ3n) is 7.57. The number of hydrogen-bond donors (Lipinski definition) is 0. The average molecular weight is 366 g/mol. The zero-order valence-corrected chi connectivity index (χ0v) is 19.2. The Hall–Kier alpha value is -1.51. The normalized spacial score (nSPS) is 18.6. The summed E-state index contributed by atoms with van der Waals surface area (Å²) in [5.41, 5.74) is 13.8. The van der Waals surface area contributed by atoms with Crippen LogP contribution in [0.15, 0.2) is 16.8 Å². The van der Waals surface area contributed by atoms with Gasteiger partial charge in [0, 0.05) is 29.3 Å². The fourth-order valence-electron chi connectivity index (χ4n) is 6.80. The third kappa shape index (κ3) is 2.49. The molecule has 0 bridgehead atoms. The van der Waals surface area contributed by atoms with Gasteiger partial charge in [-0.25, -0.2) is 0 Å². The number of rotatable bonds is 6. The van der Waals surface area contributed by atoms with Crippen molar-refractivity contribution in [3.63, 3.8) is 0 Å². The van der Waals surface area contributed by atoms with Gasteiger partial charge >= 0.3 is 6.42 Å². The maximum atomic E-state index is 2.81. The predicted octanol–water partition coefficient (Wildman–Crippen LogP) is 6.74. The van der Waals surface area contributed by atoms with Crippen molar-refractivity contribution in [2.24, 2.45) is 0 Å². The molecule has 0 atom stereocenters. The molecule has 3 heterocycles. The molecule has 0 amide bonds. The van der Waals surface area contributed by atoms with E-state index in [4.69, 9.17) is 0 Å². The quantitative estimate of drug-likeness (QED) is 0.493. The molecule has 27 heavy (non-hydrogen) atoms. The third-order valence-corrected chi connectivity index (χ3v) is 7.57. The summed E-state index contributed by atoms with van der Waals surface area (Å²) in [6.07, 6.45) is 6.41. The first-order valence-corrected chi connectivity index (χ1v) is 11.3. The van der Waals surface area contributed by atoms with Gasteiger partial charge in [-0.1, -0.05) is 53.2 Å². The van der Waals surface area contributed by atoms with Crippen LogP contribution in [0, 0.1) is 13.8 Å². The molecule has 2 aliphatic rings. The van der Waals surface area contributed by atoms with Crippen molar-refractivity contribution in [1.82, 2.24) is 4.48 Å². The Balaban J connectivity index is 2.51. The van der Waals surface area contributed by atoms with E-state index < -0.39 is 6.42 Å². The lowest BCUT2D eigenvalue weighted by molar-refractivity contribution is -0.339. The van der Waals surface area contributed by atoms with Gasteiger partial charge < -0.3 is 8.96 Å². The second kappa shape index (κ2) is 7.15. The van der Waals surface area contributed by atoms with Gasteiger partial charge in [-0.05, 0) is 57.4 Å².